The van der Waals surface area contributed by atoms with Crippen LogP contribution in [0.4, 0.5) is 5.00 Å². The molecule has 1 heterocycles. The number of carbonyl (C=O) groups excluding carboxylic acids is 1. The van der Waals surface area contributed by atoms with Crippen molar-refractivity contribution < 1.29 is 4.79 Å². The molecule has 1 amide bonds. The van der Waals surface area contributed by atoms with E-state index in [0.29, 0.717) is 28.1 Å². The highest BCUT2D eigenvalue weighted by atomic mass is 35.5. The molecule has 21 heavy (non-hydrogen) atoms. The highest BCUT2D eigenvalue weighted by molar-refractivity contribution is 7.14. The molecule has 0 aliphatic rings. The molecule has 0 aliphatic carbocycles. The minimum Gasteiger partial charge on any atom is -0.318 e. The zero-order chi connectivity index (χ0) is 15.2. The fourth-order valence-corrected chi connectivity index (χ4v) is 2.47. The summed E-state index contributed by atoms with van der Waals surface area (Å²) >= 11 is 13.3. The molecule has 0 unspecified atom stereocenters. The summed E-state index contributed by atoms with van der Waals surface area (Å²) in [5, 5.41) is 9.37. The quantitative estimate of drug-likeness (QED) is 0.646. The summed E-state index contributed by atoms with van der Waals surface area (Å²) in [6, 6.07) is 8.53. The molecule has 0 aliphatic heterocycles. The third-order valence-electron chi connectivity index (χ3n) is 2.49. The summed E-state index contributed by atoms with van der Waals surface area (Å²) in [5.74, 6) is 0.0980. The summed E-state index contributed by atoms with van der Waals surface area (Å²) < 4.78 is 0. The first kappa shape index (κ1) is 15.8. The molecule has 110 valence electrons. The van der Waals surface area contributed by atoms with Gasteiger partial charge in [-0.3, -0.25) is 15.1 Å². The zero-order valence-electron chi connectivity index (χ0n) is 11.2. The van der Waals surface area contributed by atoms with Gasteiger partial charge in [0.2, 0.25) is 5.96 Å². The number of thiophene rings is 1. The number of aliphatic imine (C=N–C) groups is 1. The largest absolute Gasteiger partial charge is 0.318 e. The number of nitrogens with zero attached hydrogens (tertiary/aromatic N) is 1. The van der Waals surface area contributed by atoms with Crippen LogP contribution in [0.1, 0.15) is 17.3 Å². The van der Waals surface area contributed by atoms with Crippen molar-refractivity contribution in [2.45, 2.75) is 6.92 Å². The minimum atomic E-state index is -0.301. The lowest BCUT2D eigenvalue weighted by molar-refractivity contribution is 0.0977. The molecule has 7 heteroatoms. The van der Waals surface area contributed by atoms with E-state index in [1.54, 1.807) is 12.1 Å². The number of amides is 1. The van der Waals surface area contributed by atoms with Crippen LogP contribution in [-0.4, -0.2) is 18.4 Å². The second-order valence-corrected chi connectivity index (χ2v) is 5.77. The van der Waals surface area contributed by atoms with Crippen molar-refractivity contribution in [3.63, 3.8) is 0 Å². The second-order valence-electron chi connectivity index (χ2n) is 4.01. The zero-order valence-corrected chi connectivity index (χ0v) is 13.5. The number of halogens is 2. The van der Waals surface area contributed by atoms with E-state index in [0.717, 1.165) is 5.00 Å². The number of nitrogens with one attached hydrogen (secondary N) is 2. The summed E-state index contributed by atoms with van der Waals surface area (Å²) in [6.07, 6.45) is 0. The first-order valence-electron chi connectivity index (χ1n) is 6.21. The summed E-state index contributed by atoms with van der Waals surface area (Å²) in [4.78, 5) is 16.4. The first-order valence-corrected chi connectivity index (χ1v) is 7.85. The van der Waals surface area contributed by atoms with Crippen LogP contribution in [0.15, 0.2) is 40.7 Å². The Kier molecular flexibility index (Phi) is 5.61. The van der Waals surface area contributed by atoms with Crippen LogP contribution in [0.25, 0.3) is 0 Å². The standard InChI is InChI=1S/C14H13Cl2N3OS/c1-2-17-14(18-12-4-3-7-21-12)19-13(20)9-5-6-10(15)11(16)8-9/h3-8H,2H2,1H3,(H2,17,18,19,20). The third kappa shape index (κ3) is 4.46. The molecule has 0 fully saturated rings. The molecule has 0 bridgehead atoms. The van der Waals surface area contributed by atoms with Crippen LogP contribution < -0.4 is 10.6 Å². The van der Waals surface area contributed by atoms with Gasteiger partial charge in [0, 0.05) is 12.1 Å². The van der Waals surface area contributed by atoms with Gasteiger partial charge in [-0.1, -0.05) is 23.2 Å². The van der Waals surface area contributed by atoms with E-state index < -0.39 is 0 Å². The van der Waals surface area contributed by atoms with E-state index in [1.165, 1.54) is 17.4 Å². The van der Waals surface area contributed by atoms with Gasteiger partial charge in [0.15, 0.2) is 0 Å². The Hall–Kier alpha value is -1.56. The van der Waals surface area contributed by atoms with E-state index >= 15 is 0 Å². The average Bonchev–Trinajstić information content (AvgIpc) is 2.95. The fraction of sp³-hybridized carbons (Fsp3) is 0.143. The van der Waals surface area contributed by atoms with Crippen LogP contribution in [0, 0.1) is 0 Å². The van der Waals surface area contributed by atoms with E-state index in [-0.39, 0.29) is 5.91 Å². The maximum absolute atomic E-state index is 12.2. The molecule has 4 nitrogen and oxygen atoms in total. The molecule has 0 spiro atoms. The Morgan fingerprint density at radius 3 is 2.71 bits per heavy atom. The first-order chi connectivity index (χ1) is 10.1. The third-order valence-corrected chi connectivity index (χ3v) is 4.02. The molecule has 2 N–H and O–H groups in total. The van der Waals surface area contributed by atoms with Crippen molar-refractivity contribution in [1.82, 2.24) is 5.32 Å². The van der Waals surface area contributed by atoms with E-state index in [1.807, 2.05) is 24.4 Å². The smallest absolute Gasteiger partial charge is 0.258 e. The summed E-state index contributed by atoms with van der Waals surface area (Å²) in [7, 11) is 0. The van der Waals surface area contributed by atoms with Gasteiger partial charge in [0.25, 0.3) is 5.91 Å². The van der Waals surface area contributed by atoms with Crippen molar-refractivity contribution in [1.29, 1.82) is 0 Å². The number of carbonyl (C=O) groups is 1. The highest BCUT2D eigenvalue weighted by Crippen LogP contribution is 2.22. The van der Waals surface area contributed by atoms with Crippen LogP contribution in [0.5, 0.6) is 0 Å². The predicted octanol–water partition coefficient (Wildman–Crippen LogP) is 4.27. The van der Waals surface area contributed by atoms with Crippen molar-refractivity contribution in [3.8, 4) is 0 Å². The number of anilines is 1. The van der Waals surface area contributed by atoms with Gasteiger partial charge in [0.05, 0.1) is 15.0 Å². The maximum atomic E-state index is 12.2. The average molecular weight is 342 g/mol. The highest BCUT2D eigenvalue weighted by Gasteiger charge is 2.11. The SMILES string of the molecule is CCN=C(NC(=O)c1ccc(Cl)c(Cl)c1)Nc1cccs1. The van der Waals surface area contributed by atoms with Gasteiger partial charge in [-0.25, -0.2) is 0 Å². The maximum Gasteiger partial charge on any atom is 0.258 e. The molecule has 0 saturated carbocycles. The van der Waals surface area contributed by atoms with Gasteiger partial charge in [-0.2, -0.15) is 0 Å². The number of hydrogen-bond acceptors (Lipinski definition) is 3. The summed E-state index contributed by atoms with van der Waals surface area (Å²) in [6.45, 7) is 2.44. The van der Waals surface area contributed by atoms with E-state index in [4.69, 9.17) is 23.2 Å². The number of rotatable bonds is 3. The molecule has 0 radical (unpaired) electrons. The van der Waals surface area contributed by atoms with E-state index in [9.17, 15) is 4.79 Å². The molecule has 2 rings (SSSR count). The Morgan fingerprint density at radius 2 is 2.10 bits per heavy atom. The Bertz CT molecular complexity index is 656. The van der Waals surface area contributed by atoms with Crippen LogP contribution in [-0.2, 0) is 0 Å². The molecule has 1 aromatic carbocycles. The van der Waals surface area contributed by atoms with Crippen molar-refractivity contribution in [2.24, 2.45) is 4.99 Å². The predicted molar refractivity (Wildman–Crippen MR) is 89.8 cm³/mol. The molecule has 0 saturated heterocycles. The molecular weight excluding hydrogens is 329 g/mol. The van der Waals surface area contributed by atoms with Crippen LogP contribution >= 0.6 is 34.5 Å². The molecule has 1 aromatic heterocycles. The number of benzene rings is 1. The van der Waals surface area contributed by atoms with Gasteiger partial charge in [0.1, 0.15) is 0 Å². The molecule has 0 atom stereocenters. The minimum absolute atomic E-state index is 0.301. The Labute approximate surface area is 136 Å². The van der Waals surface area contributed by atoms with Gasteiger partial charge >= 0.3 is 0 Å². The lowest BCUT2D eigenvalue weighted by Gasteiger charge is -2.10. The van der Waals surface area contributed by atoms with Gasteiger partial charge < -0.3 is 5.32 Å². The normalized spacial score (nSPS) is 11.3. The summed E-state index contributed by atoms with van der Waals surface area (Å²) in [5.41, 5.74) is 0.418. The Balaban J connectivity index is 2.11. The van der Waals surface area contributed by atoms with Crippen LogP contribution in [0.2, 0.25) is 10.0 Å². The Morgan fingerprint density at radius 1 is 1.29 bits per heavy atom. The number of hydrogen-bond donors (Lipinski definition) is 2. The number of guanidine groups is 1. The second kappa shape index (κ2) is 7.45. The van der Waals surface area contributed by atoms with Gasteiger partial charge in [-0.05, 0) is 42.6 Å². The van der Waals surface area contributed by atoms with Crippen molar-refractivity contribution >= 4 is 51.4 Å². The van der Waals surface area contributed by atoms with Crippen molar-refractivity contribution in [3.05, 3.63) is 51.3 Å². The van der Waals surface area contributed by atoms with E-state index in [2.05, 4.69) is 15.6 Å². The van der Waals surface area contributed by atoms with Crippen LogP contribution in [0.3, 0.4) is 0 Å². The monoisotopic (exact) mass is 341 g/mol. The molecular formula is C14H13Cl2N3OS. The topological polar surface area (TPSA) is 53.5 Å². The lowest BCUT2D eigenvalue weighted by Crippen LogP contribution is -2.36. The lowest BCUT2D eigenvalue weighted by atomic mass is 10.2. The van der Waals surface area contributed by atoms with Gasteiger partial charge in [-0.15, -0.1) is 11.3 Å². The fourth-order valence-electron chi connectivity index (χ4n) is 1.55. The van der Waals surface area contributed by atoms with Crippen molar-refractivity contribution in [2.75, 3.05) is 11.9 Å². The molecule has 2 aromatic rings.